The first-order valence-electron chi connectivity index (χ1n) is 12.1. The summed E-state index contributed by atoms with van der Waals surface area (Å²) in [6.45, 7) is 6.19. The Morgan fingerprint density at radius 1 is 1.17 bits per heavy atom. The van der Waals surface area contributed by atoms with Crippen LogP contribution in [0, 0.1) is 5.92 Å². The van der Waals surface area contributed by atoms with E-state index in [9.17, 15) is 13.2 Å². The molecule has 2 atom stereocenters. The summed E-state index contributed by atoms with van der Waals surface area (Å²) in [5, 5.41) is 3.08. The monoisotopic (exact) mass is 511 g/mol. The fourth-order valence-corrected chi connectivity index (χ4v) is 5.35. The van der Waals surface area contributed by atoms with E-state index in [1.807, 2.05) is 43.3 Å². The lowest BCUT2D eigenvalue weighted by Gasteiger charge is -2.31. The van der Waals surface area contributed by atoms with Crippen LogP contribution in [0.25, 0.3) is 5.70 Å². The smallest absolute Gasteiger partial charge is 0.229 e. The second-order valence-corrected chi connectivity index (χ2v) is 11.1. The van der Waals surface area contributed by atoms with E-state index in [1.165, 1.54) is 12.3 Å². The molecule has 2 aliphatic rings. The molecule has 0 bridgehead atoms. The maximum atomic E-state index is 13.5. The first kappa shape index (κ1) is 26.1. The van der Waals surface area contributed by atoms with Crippen molar-refractivity contribution in [3.05, 3.63) is 65.7 Å². The zero-order valence-electron chi connectivity index (χ0n) is 20.9. The molecule has 2 aliphatic heterocycles. The van der Waals surface area contributed by atoms with E-state index in [-0.39, 0.29) is 10.8 Å². The number of nitrogens with zero attached hydrogens (tertiary/aromatic N) is 2. The number of hydrogen-bond acceptors (Lipinski definition) is 7. The van der Waals surface area contributed by atoms with Gasteiger partial charge < -0.3 is 14.8 Å². The zero-order valence-corrected chi connectivity index (χ0v) is 21.8. The lowest BCUT2D eigenvalue weighted by Crippen LogP contribution is -2.44. The van der Waals surface area contributed by atoms with Gasteiger partial charge in [0.05, 0.1) is 36.8 Å². The highest BCUT2D eigenvalue weighted by molar-refractivity contribution is 7.90. The van der Waals surface area contributed by atoms with E-state index in [2.05, 4.69) is 10.2 Å². The predicted molar refractivity (Wildman–Crippen MR) is 140 cm³/mol. The molecule has 36 heavy (non-hydrogen) atoms. The van der Waals surface area contributed by atoms with Crippen molar-refractivity contribution in [2.75, 3.05) is 52.8 Å². The molecule has 1 amide bonds. The van der Waals surface area contributed by atoms with Crippen LogP contribution in [0.1, 0.15) is 24.0 Å². The van der Waals surface area contributed by atoms with Crippen LogP contribution in [0.3, 0.4) is 0 Å². The van der Waals surface area contributed by atoms with Gasteiger partial charge in [-0.05, 0) is 36.8 Å². The van der Waals surface area contributed by atoms with Crippen LogP contribution in [-0.4, -0.2) is 77.7 Å². The summed E-state index contributed by atoms with van der Waals surface area (Å²) in [6, 6.07) is 14.5. The average molecular weight is 512 g/mol. The van der Waals surface area contributed by atoms with E-state index in [0.717, 1.165) is 30.9 Å². The number of carbonyl (C=O) groups is 1. The van der Waals surface area contributed by atoms with Gasteiger partial charge in [-0.1, -0.05) is 30.3 Å². The minimum absolute atomic E-state index is 0.148. The number of amides is 1. The molecule has 9 heteroatoms. The molecule has 2 unspecified atom stereocenters. The standard InChI is InChI=1S/C27H33N3O5S/c1-19-26(27(31)28-11-12-30-13-15-35-16-14-30)23(18-24(29-19)20-7-5-4-6-8-20)22-17-21(36(3,32)33)9-10-25(22)34-2/h4-10,17-18,23,26H,11-16H2,1-3H3,(H,28,31). The van der Waals surface area contributed by atoms with Crippen LogP contribution in [0.4, 0.5) is 0 Å². The lowest BCUT2D eigenvalue weighted by atomic mass is 9.79. The maximum absolute atomic E-state index is 13.5. The molecule has 2 heterocycles. The SMILES string of the molecule is COc1ccc(S(C)(=O)=O)cc1C1C=C(c2ccccc2)N=C(C)C1C(=O)NCCN1CCOCC1. The van der Waals surface area contributed by atoms with E-state index >= 15 is 0 Å². The van der Waals surface area contributed by atoms with Crippen molar-refractivity contribution < 1.29 is 22.7 Å². The van der Waals surface area contributed by atoms with Crippen LogP contribution in [-0.2, 0) is 19.4 Å². The van der Waals surface area contributed by atoms with E-state index in [4.69, 9.17) is 14.5 Å². The maximum Gasteiger partial charge on any atom is 0.229 e. The number of sulfone groups is 1. The fourth-order valence-electron chi connectivity index (χ4n) is 4.69. The number of benzene rings is 2. The third-order valence-electron chi connectivity index (χ3n) is 6.61. The molecule has 1 N–H and O–H groups in total. The lowest BCUT2D eigenvalue weighted by molar-refractivity contribution is -0.123. The number of ether oxygens (including phenoxy) is 2. The van der Waals surface area contributed by atoms with Crippen molar-refractivity contribution in [1.82, 2.24) is 10.2 Å². The molecule has 1 saturated heterocycles. The molecule has 8 nitrogen and oxygen atoms in total. The highest BCUT2D eigenvalue weighted by Gasteiger charge is 2.36. The molecule has 0 aliphatic carbocycles. The molecule has 192 valence electrons. The molecule has 2 aromatic carbocycles. The first-order valence-corrected chi connectivity index (χ1v) is 14.0. The number of morpholine rings is 1. The zero-order chi connectivity index (χ0) is 25.7. The third-order valence-corrected chi connectivity index (χ3v) is 7.73. The average Bonchev–Trinajstić information content (AvgIpc) is 2.88. The Balaban J connectivity index is 1.69. The molecule has 0 radical (unpaired) electrons. The van der Waals surface area contributed by atoms with Crippen LogP contribution in [0.5, 0.6) is 5.75 Å². The molecule has 1 fully saturated rings. The fraction of sp³-hybridized carbons (Fsp3) is 0.407. The molecular formula is C27H33N3O5S. The number of carbonyl (C=O) groups excluding carboxylic acids is 1. The van der Waals surface area contributed by atoms with Crippen molar-refractivity contribution >= 4 is 27.2 Å². The predicted octanol–water partition coefficient (Wildman–Crippen LogP) is 2.76. The largest absolute Gasteiger partial charge is 0.496 e. The van der Waals surface area contributed by atoms with Gasteiger partial charge in [0.25, 0.3) is 0 Å². The van der Waals surface area contributed by atoms with E-state index in [1.54, 1.807) is 19.2 Å². The number of allylic oxidation sites excluding steroid dienone is 1. The van der Waals surface area contributed by atoms with Crippen molar-refractivity contribution in [1.29, 1.82) is 0 Å². The van der Waals surface area contributed by atoms with Gasteiger partial charge in [-0.25, -0.2) is 8.42 Å². The van der Waals surface area contributed by atoms with Crippen molar-refractivity contribution in [2.45, 2.75) is 17.7 Å². The quantitative estimate of drug-likeness (QED) is 0.586. The van der Waals surface area contributed by atoms with Gasteiger partial charge in [0.1, 0.15) is 5.75 Å². The van der Waals surface area contributed by atoms with Crippen LogP contribution < -0.4 is 10.1 Å². The summed E-state index contributed by atoms with van der Waals surface area (Å²) in [5.41, 5.74) is 2.96. The van der Waals surface area contributed by atoms with Crippen molar-refractivity contribution in [3.63, 3.8) is 0 Å². The molecule has 4 rings (SSSR count). The molecule has 0 saturated carbocycles. The number of rotatable bonds is 8. The van der Waals surface area contributed by atoms with Gasteiger partial charge in [-0.15, -0.1) is 0 Å². The van der Waals surface area contributed by atoms with Crippen molar-refractivity contribution in [2.24, 2.45) is 10.9 Å². The normalized spacial score (nSPS) is 20.9. The molecule has 0 spiro atoms. The van der Waals surface area contributed by atoms with E-state index in [0.29, 0.717) is 36.8 Å². The van der Waals surface area contributed by atoms with Gasteiger partial charge in [-0.2, -0.15) is 0 Å². The molecule has 0 aromatic heterocycles. The molecule has 2 aromatic rings. The van der Waals surface area contributed by atoms with Crippen LogP contribution >= 0.6 is 0 Å². The van der Waals surface area contributed by atoms with Gasteiger partial charge in [0, 0.05) is 49.6 Å². The third kappa shape index (κ3) is 6.03. The number of aliphatic imine (C=N–C) groups is 1. The Kier molecular flexibility index (Phi) is 8.23. The Morgan fingerprint density at radius 2 is 1.89 bits per heavy atom. The number of nitrogens with one attached hydrogen (secondary N) is 1. The summed E-state index contributed by atoms with van der Waals surface area (Å²) >= 11 is 0. The first-order chi connectivity index (χ1) is 17.3. The summed E-state index contributed by atoms with van der Waals surface area (Å²) in [7, 11) is -1.91. The number of hydrogen-bond donors (Lipinski definition) is 1. The second kappa shape index (κ2) is 11.4. The summed E-state index contributed by atoms with van der Waals surface area (Å²) < 4.78 is 35.7. The topological polar surface area (TPSA) is 97.3 Å². The van der Waals surface area contributed by atoms with Crippen LogP contribution in [0.15, 0.2) is 64.5 Å². The Bertz CT molecular complexity index is 1250. The minimum atomic E-state index is -3.46. The molecular weight excluding hydrogens is 478 g/mol. The Morgan fingerprint density at radius 3 is 2.56 bits per heavy atom. The van der Waals surface area contributed by atoms with Crippen molar-refractivity contribution in [3.8, 4) is 5.75 Å². The van der Waals surface area contributed by atoms with Gasteiger partial charge >= 0.3 is 0 Å². The van der Waals surface area contributed by atoms with Crippen LogP contribution in [0.2, 0.25) is 0 Å². The Hall–Kier alpha value is -3.01. The van der Waals surface area contributed by atoms with Gasteiger partial charge in [-0.3, -0.25) is 14.7 Å². The highest BCUT2D eigenvalue weighted by atomic mass is 32.2. The van der Waals surface area contributed by atoms with Gasteiger partial charge in [0.2, 0.25) is 5.91 Å². The summed E-state index contributed by atoms with van der Waals surface area (Å²) in [5.74, 6) is -0.690. The summed E-state index contributed by atoms with van der Waals surface area (Å²) in [6.07, 6.45) is 3.12. The van der Waals surface area contributed by atoms with Gasteiger partial charge in [0.15, 0.2) is 9.84 Å². The number of methoxy groups -OCH3 is 1. The highest BCUT2D eigenvalue weighted by Crippen LogP contribution is 2.40. The Labute approximate surface area is 212 Å². The second-order valence-electron chi connectivity index (χ2n) is 9.10. The van der Waals surface area contributed by atoms with E-state index < -0.39 is 21.7 Å². The summed E-state index contributed by atoms with van der Waals surface area (Å²) in [4.78, 5) is 20.8. The minimum Gasteiger partial charge on any atom is -0.496 e.